The Bertz CT molecular complexity index is 338. The molecule has 1 aromatic heterocycles. The summed E-state index contributed by atoms with van der Waals surface area (Å²) in [5.41, 5.74) is 1.20. The van der Waals surface area contributed by atoms with Gasteiger partial charge in [-0.2, -0.15) is 0 Å². The molecule has 14 heavy (non-hydrogen) atoms. The van der Waals surface area contributed by atoms with Crippen molar-refractivity contribution >= 4 is 11.6 Å². The van der Waals surface area contributed by atoms with Crippen LogP contribution in [0.4, 0.5) is 0 Å². The van der Waals surface area contributed by atoms with Gasteiger partial charge in [0.15, 0.2) is 0 Å². The molecule has 0 N–H and O–H groups in total. The quantitative estimate of drug-likeness (QED) is 0.666. The third-order valence-electron chi connectivity index (χ3n) is 2.75. The van der Waals surface area contributed by atoms with Gasteiger partial charge in [0.05, 0.1) is 6.61 Å². The fourth-order valence-electron chi connectivity index (χ4n) is 1.97. The Morgan fingerprint density at radius 3 is 3.07 bits per heavy atom. The van der Waals surface area contributed by atoms with Gasteiger partial charge in [-0.3, -0.25) is 0 Å². The number of halogens is 1. The molecule has 0 aliphatic carbocycles. The number of rotatable bonds is 1. The summed E-state index contributed by atoms with van der Waals surface area (Å²) >= 11 is 5.81. The molecule has 1 atom stereocenters. The van der Waals surface area contributed by atoms with Crippen LogP contribution in [-0.4, -0.2) is 11.6 Å². The summed E-state index contributed by atoms with van der Waals surface area (Å²) in [7, 11) is 0. The maximum absolute atomic E-state index is 5.81. The second-order valence-electron chi connectivity index (χ2n) is 4.03. The number of fused-ring (bicyclic) bond motifs is 1. The molecule has 0 fully saturated rings. The lowest BCUT2D eigenvalue weighted by atomic mass is 9.85. The molecule has 3 heteroatoms. The van der Waals surface area contributed by atoms with E-state index < -0.39 is 0 Å². The molecule has 1 unspecified atom stereocenters. The van der Waals surface area contributed by atoms with Crippen molar-refractivity contribution < 1.29 is 4.74 Å². The standard InChI is InChI=1S/C11H14ClNO/c1-7(2)8-3-4-14-10-5-11(12)13-6-9(8)10/h5-8H,3-4H2,1-2H3. The van der Waals surface area contributed by atoms with Crippen LogP contribution in [-0.2, 0) is 0 Å². The number of aromatic nitrogens is 1. The van der Waals surface area contributed by atoms with Crippen molar-refractivity contribution in [3.8, 4) is 5.75 Å². The molecule has 1 aliphatic rings. The predicted octanol–water partition coefficient (Wildman–Crippen LogP) is 3.26. The van der Waals surface area contributed by atoms with Crippen LogP contribution in [0.25, 0.3) is 0 Å². The van der Waals surface area contributed by atoms with Crippen LogP contribution in [0.3, 0.4) is 0 Å². The van der Waals surface area contributed by atoms with Crippen molar-refractivity contribution in [3.63, 3.8) is 0 Å². The zero-order valence-electron chi connectivity index (χ0n) is 8.46. The molecule has 0 bridgehead atoms. The first-order valence-electron chi connectivity index (χ1n) is 4.96. The summed E-state index contributed by atoms with van der Waals surface area (Å²) in [6.07, 6.45) is 2.93. The normalized spacial score (nSPS) is 20.4. The number of ether oxygens (including phenoxy) is 1. The average Bonchev–Trinajstić information content (AvgIpc) is 2.16. The van der Waals surface area contributed by atoms with E-state index in [1.54, 1.807) is 0 Å². The van der Waals surface area contributed by atoms with Gasteiger partial charge in [0.2, 0.25) is 0 Å². The molecule has 76 valence electrons. The van der Waals surface area contributed by atoms with Gasteiger partial charge in [-0.15, -0.1) is 0 Å². The second-order valence-corrected chi connectivity index (χ2v) is 4.42. The fraction of sp³-hybridized carbons (Fsp3) is 0.545. The van der Waals surface area contributed by atoms with E-state index in [0.29, 0.717) is 17.0 Å². The van der Waals surface area contributed by atoms with Crippen molar-refractivity contribution in [2.45, 2.75) is 26.2 Å². The van der Waals surface area contributed by atoms with Crippen LogP contribution < -0.4 is 4.74 Å². The Labute approximate surface area is 89.3 Å². The van der Waals surface area contributed by atoms with Gasteiger partial charge in [0.1, 0.15) is 10.9 Å². The summed E-state index contributed by atoms with van der Waals surface area (Å²) in [4.78, 5) is 4.11. The highest BCUT2D eigenvalue weighted by Gasteiger charge is 2.24. The third kappa shape index (κ3) is 1.71. The first-order chi connectivity index (χ1) is 6.68. The highest BCUT2D eigenvalue weighted by Crippen LogP contribution is 2.38. The van der Waals surface area contributed by atoms with Crippen molar-refractivity contribution in [1.29, 1.82) is 0 Å². The molecule has 2 heterocycles. The minimum absolute atomic E-state index is 0.508. The van der Waals surface area contributed by atoms with Crippen LogP contribution in [0.1, 0.15) is 31.7 Å². The molecular formula is C11H14ClNO. The molecule has 0 amide bonds. The Hall–Kier alpha value is -0.760. The van der Waals surface area contributed by atoms with Crippen molar-refractivity contribution in [2.75, 3.05) is 6.61 Å². The van der Waals surface area contributed by atoms with E-state index in [-0.39, 0.29) is 0 Å². The molecular weight excluding hydrogens is 198 g/mol. The minimum atomic E-state index is 0.508. The number of hydrogen-bond acceptors (Lipinski definition) is 2. The Balaban J connectivity index is 2.40. The predicted molar refractivity (Wildman–Crippen MR) is 56.9 cm³/mol. The number of pyridine rings is 1. The van der Waals surface area contributed by atoms with E-state index in [4.69, 9.17) is 16.3 Å². The molecule has 2 nitrogen and oxygen atoms in total. The molecule has 1 aliphatic heterocycles. The van der Waals surface area contributed by atoms with Gasteiger partial charge >= 0.3 is 0 Å². The topological polar surface area (TPSA) is 22.1 Å². The molecule has 0 saturated heterocycles. The number of hydrogen-bond donors (Lipinski definition) is 0. The second kappa shape index (κ2) is 3.77. The third-order valence-corrected chi connectivity index (χ3v) is 2.96. The summed E-state index contributed by atoms with van der Waals surface area (Å²) in [6.45, 7) is 5.25. The van der Waals surface area contributed by atoms with Crippen LogP contribution in [0.15, 0.2) is 12.3 Å². The Morgan fingerprint density at radius 1 is 1.57 bits per heavy atom. The lowest BCUT2D eigenvalue weighted by molar-refractivity contribution is 0.246. The SMILES string of the molecule is CC(C)C1CCOc2cc(Cl)ncc21. The molecule has 0 saturated carbocycles. The Morgan fingerprint density at radius 2 is 2.36 bits per heavy atom. The maximum atomic E-state index is 5.81. The van der Waals surface area contributed by atoms with E-state index in [0.717, 1.165) is 18.8 Å². The van der Waals surface area contributed by atoms with Gasteiger partial charge in [0, 0.05) is 17.8 Å². The average molecular weight is 212 g/mol. The van der Waals surface area contributed by atoms with Crippen molar-refractivity contribution in [3.05, 3.63) is 23.0 Å². The molecule has 0 spiro atoms. The molecule has 1 aromatic rings. The van der Waals surface area contributed by atoms with Gasteiger partial charge in [-0.1, -0.05) is 25.4 Å². The van der Waals surface area contributed by atoms with E-state index in [2.05, 4.69) is 18.8 Å². The van der Waals surface area contributed by atoms with Gasteiger partial charge < -0.3 is 4.74 Å². The fourth-order valence-corrected chi connectivity index (χ4v) is 2.12. The van der Waals surface area contributed by atoms with Gasteiger partial charge in [-0.05, 0) is 18.3 Å². The van der Waals surface area contributed by atoms with Crippen molar-refractivity contribution in [2.24, 2.45) is 5.92 Å². The van der Waals surface area contributed by atoms with E-state index in [1.807, 2.05) is 12.3 Å². The minimum Gasteiger partial charge on any atom is -0.493 e. The Kier molecular flexibility index (Phi) is 2.64. The van der Waals surface area contributed by atoms with E-state index in [1.165, 1.54) is 5.56 Å². The van der Waals surface area contributed by atoms with Crippen LogP contribution >= 0.6 is 11.6 Å². The smallest absolute Gasteiger partial charge is 0.132 e. The number of nitrogens with zero attached hydrogens (tertiary/aromatic N) is 1. The van der Waals surface area contributed by atoms with Gasteiger partial charge in [0.25, 0.3) is 0 Å². The molecule has 2 rings (SSSR count). The highest BCUT2D eigenvalue weighted by molar-refractivity contribution is 6.29. The lowest BCUT2D eigenvalue weighted by Crippen LogP contribution is -2.18. The van der Waals surface area contributed by atoms with E-state index in [9.17, 15) is 0 Å². The highest BCUT2D eigenvalue weighted by atomic mass is 35.5. The monoisotopic (exact) mass is 211 g/mol. The first-order valence-corrected chi connectivity index (χ1v) is 5.34. The van der Waals surface area contributed by atoms with Gasteiger partial charge in [-0.25, -0.2) is 4.98 Å². The lowest BCUT2D eigenvalue weighted by Gasteiger charge is -2.28. The summed E-state index contributed by atoms with van der Waals surface area (Å²) in [5, 5.41) is 0.508. The molecule has 0 radical (unpaired) electrons. The van der Waals surface area contributed by atoms with E-state index >= 15 is 0 Å². The largest absolute Gasteiger partial charge is 0.493 e. The zero-order chi connectivity index (χ0) is 10.1. The van der Waals surface area contributed by atoms with Crippen LogP contribution in [0.5, 0.6) is 5.75 Å². The molecule has 0 aromatic carbocycles. The van der Waals surface area contributed by atoms with Crippen molar-refractivity contribution in [1.82, 2.24) is 4.98 Å². The zero-order valence-corrected chi connectivity index (χ0v) is 9.21. The maximum Gasteiger partial charge on any atom is 0.132 e. The summed E-state index contributed by atoms with van der Waals surface area (Å²) in [6, 6.07) is 1.81. The van der Waals surface area contributed by atoms with Crippen LogP contribution in [0, 0.1) is 5.92 Å². The first kappa shape index (κ1) is 9.78. The summed E-state index contributed by atoms with van der Waals surface area (Å²) < 4.78 is 5.56. The summed E-state index contributed by atoms with van der Waals surface area (Å²) in [5.74, 6) is 2.10. The van der Waals surface area contributed by atoms with Crippen LogP contribution in [0.2, 0.25) is 5.15 Å².